The molecule has 3 rings (SSSR count). The van der Waals surface area contributed by atoms with Crippen molar-refractivity contribution in [3.63, 3.8) is 0 Å². The molecule has 2 heterocycles. The molecule has 1 N–H and O–H groups in total. The Morgan fingerprint density at radius 1 is 1.20 bits per heavy atom. The standard InChI is InChI=1S/C19H19BrN4O/c1-13-14(2)23-24(17-8-6-16(20)7-9-17)19(13)22-18(25)10-5-15-4-3-11-21-12-15/h3-4,6-9,11-12H,5,10H2,1-2H3,(H,22,25). The number of benzene rings is 1. The fraction of sp³-hybridized carbons (Fsp3) is 0.211. The van der Waals surface area contributed by atoms with Crippen LogP contribution in [0.4, 0.5) is 5.82 Å². The molecule has 0 aliphatic carbocycles. The predicted octanol–water partition coefficient (Wildman–Crippen LogP) is 4.22. The Bertz CT molecular complexity index is 872. The molecule has 0 aliphatic rings. The Morgan fingerprint density at radius 2 is 1.96 bits per heavy atom. The van der Waals surface area contributed by atoms with Crippen molar-refractivity contribution < 1.29 is 4.79 Å². The van der Waals surface area contributed by atoms with E-state index in [0.717, 1.165) is 32.8 Å². The van der Waals surface area contributed by atoms with Gasteiger partial charge in [-0.2, -0.15) is 5.10 Å². The molecule has 6 heteroatoms. The molecule has 1 aromatic carbocycles. The summed E-state index contributed by atoms with van der Waals surface area (Å²) in [5.74, 6) is 0.682. The molecular formula is C19H19BrN4O. The van der Waals surface area contributed by atoms with E-state index in [0.29, 0.717) is 12.8 Å². The highest BCUT2D eigenvalue weighted by Crippen LogP contribution is 2.24. The minimum Gasteiger partial charge on any atom is -0.310 e. The molecule has 0 saturated carbocycles. The molecule has 0 unspecified atom stereocenters. The van der Waals surface area contributed by atoms with Crippen molar-refractivity contribution >= 4 is 27.7 Å². The van der Waals surface area contributed by atoms with E-state index in [1.54, 1.807) is 17.1 Å². The molecule has 1 amide bonds. The van der Waals surface area contributed by atoms with Gasteiger partial charge in [0, 0.05) is 28.9 Å². The molecule has 0 aliphatic heterocycles. The van der Waals surface area contributed by atoms with Crippen LogP contribution < -0.4 is 5.32 Å². The van der Waals surface area contributed by atoms with E-state index in [1.807, 2.05) is 50.2 Å². The van der Waals surface area contributed by atoms with Gasteiger partial charge in [-0.25, -0.2) is 4.68 Å². The van der Waals surface area contributed by atoms with E-state index >= 15 is 0 Å². The second-order valence-corrected chi connectivity index (χ2v) is 6.77. The number of hydrogen-bond acceptors (Lipinski definition) is 3. The molecule has 0 atom stereocenters. The highest BCUT2D eigenvalue weighted by Gasteiger charge is 2.15. The topological polar surface area (TPSA) is 59.8 Å². The van der Waals surface area contributed by atoms with Crippen LogP contribution in [0.3, 0.4) is 0 Å². The highest BCUT2D eigenvalue weighted by molar-refractivity contribution is 9.10. The van der Waals surface area contributed by atoms with Gasteiger partial charge in [0.05, 0.1) is 11.4 Å². The van der Waals surface area contributed by atoms with Gasteiger partial charge < -0.3 is 5.32 Å². The maximum atomic E-state index is 12.4. The summed E-state index contributed by atoms with van der Waals surface area (Å²) in [5, 5.41) is 7.57. The molecule has 2 aromatic heterocycles. The number of pyridine rings is 1. The van der Waals surface area contributed by atoms with Crippen LogP contribution in [0.5, 0.6) is 0 Å². The zero-order chi connectivity index (χ0) is 17.8. The van der Waals surface area contributed by atoms with Crippen molar-refractivity contribution in [1.82, 2.24) is 14.8 Å². The number of aryl methyl sites for hydroxylation is 2. The number of hydrogen-bond donors (Lipinski definition) is 1. The minimum atomic E-state index is -0.0368. The average Bonchev–Trinajstić information content (AvgIpc) is 2.90. The van der Waals surface area contributed by atoms with Gasteiger partial charge in [0.1, 0.15) is 5.82 Å². The third-order valence-corrected chi connectivity index (χ3v) is 4.58. The number of nitrogens with one attached hydrogen (secondary N) is 1. The van der Waals surface area contributed by atoms with Crippen molar-refractivity contribution in [2.45, 2.75) is 26.7 Å². The SMILES string of the molecule is Cc1nn(-c2ccc(Br)cc2)c(NC(=O)CCc2cccnc2)c1C. The van der Waals surface area contributed by atoms with Crippen molar-refractivity contribution in [2.24, 2.45) is 0 Å². The molecule has 3 aromatic rings. The normalized spacial score (nSPS) is 10.7. The predicted molar refractivity (Wildman–Crippen MR) is 102 cm³/mol. The fourth-order valence-corrected chi connectivity index (χ4v) is 2.78. The van der Waals surface area contributed by atoms with Crippen molar-refractivity contribution in [2.75, 3.05) is 5.32 Å². The van der Waals surface area contributed by atoms with Crippen LogP contribution >= 0.6 is 15.9 Å². The zero-order valence-electron chi connectivity index (χ0n) is 14.2. The summed E-state index contributed by atoms with van der Waals surface area (Å²) in [7, 11) is 0. The number of nitrogens with zero attached hydrogens (tertiary/aromatic N) is 3. The summed E-state index contributed by atoms with van der Waals surface area (Å²) in [6, 6.07) is 11.7. The fourth-order valence-electron chi connectivity index (χ4n) is 2.52. The third-order valence-electron chi connectivity index (χ3n) is 4.05. The second-order valence-electron chi connectivity index (χ2n) is 5.86. The Hall–Kier alpha value is -2.47. The molecule has 25 heavy (non-hydrogen) atoms. The monoisotopic (exact) mass is 398 g/mol. The van der Waals surface area contributed by atoms with Crippen molar-refractivity contribution in [3.8, 4) is 5.69 Å². The summed E-state index contributed by atoms with van der Waals surface area (Å²) in [6.07, 6.45) is 4.57. The Kier molecular flexibility index (Phi) is 5.28. The Balaban J connectivity index is 1.77. The molecule has 5 nitrogen and oxygen atoms in total. The van der Waals surface area contributed by atoms with Crippen LogP contribution in [-0.4, -0.2) is 20.7 Å². The van der Waals surface area contributed by atoms with Gasteiger partial charge in [0.25, 0.3) is 0 Å². The van der Waals surface area contributed by atoms with Crippen LogP contribution in [0.25, 0.3) is 5.69 Å². The number of carbonyl (C=O) groups is 1. The van der Waals surface area contributed by atoms with Crippen LogP contribution in [0, 0.1) is 13.8 Å². The second kappa shape index (κ2) is 7.61. The molecule has 0 spiro atoms. The van der Waals surface area contributed by atoms with Crippen LogP contribution in [0.1, 0.15) is 23.2 Å². The number of carbonyl (C=O) groups excluding carboxylic acids is 1. The summed E-state index contributed by atoms with van der Waals surface area (Å²) in [5.41, 5.74) is 3.82. The molecule has 0 fully saturated rings. The number of halogens is 1. The van der Waals surface area contributed by atoms with E-state index in [1.165, 1.54) is 0 Å². The summed E-state index contributed by atoms with van der Waals surface area (Å²) in [6.45, 7) is 3.91. The van der Waals surface area contributed by atoms with E-state index < -0.39 is 0 Å². The first-order valence-corrected chi connectivity index (χ1v) is 8.85. The molecule has 128 valence electrons. The summed E-state index contributed by atoms with van der Waals surface area (Å²) in [4.78, 5) is 16.5. The molecule has 0 radical (unpaired) electrons. The molecule has 0 saturated heterocycles. The maximum absolute atomic E-state index is 12.4. The van der Waals surface area contributed by atoms with Gasteiger partial charge in [0.15, 0.2) is 0 Å². The summed E-state index contributed by atoms with van der Waals surface area (Å²) < 4.78 is 2.78. The van der Waals surface area contributed by atoms with Gasteiger partial charge in [-0.1, -0.05) is 22.0 Å². The lowest BCUT2D eigenvalue weighted by Crippen LogP contribution is -2.16. The van der Waals surface area contributed by atoms with Gasteiger partial charge in [-0.3, -0.25) is 9.78 Å². The lowest BCUT2D eigenvalue weighted by atomic mass is 10.1. The first-order chi connectivity index (χ1) is 12.0. The number of aromatic nitrogens is 3. The van der Waals surface area contributed by atoms with Crippen molar-refractivity contribution in [1.29, 1.82) is 0 Å². The average molecular weight is 399 g/mol. The zero-order valence-corrected chi connectivity index (χ0v) is 15.7. The van der Waals surface area contributed by atoms with E-state index in [2.05, 4.69) is 31.3 Å². The molecule has 0 bridgehead atoms. The van der Waals surface area contributed by atoms with E-state index in [4.69, 9.17) is 0 Å². The maximum Gasteiger partial charge on any atom is 0.225 e. The smallest absolute Gasteiger partial charge is 0.225 e. The van der Waals surface area contributed by atoms with Gasteiger partial charge >= 0.3 is 0 Å². The Labute approximate surface area is 155 Å². The minimum absolute atomic E-state index is 0.0368. The number of amides is 1. The lowest BCUT2D eigenvalue weighted by molar-refractivity contribution is -0.116. The lowest BCUT2D eigenvalue weighted by Gasteiger charge is -2.10. The van der Waals surface area contributed by atoms with Crippen LogP contribution in [0.15, 0.2) is 53.3 Å². The quantitative estimate of drug-likeness (QED) is 0.699. The molecular weight excluding hydrogens is 380 g/mol. The highest BCUT2D eigenvalue weighted by atomic mass is 79.9. The third kappa shape index (κ3) is 4.14. The van der Waals surface area contributed by atoms with E-state index in [-0.39, 0.29) is 5.91 Å². The van der Waals surface area contributed by atoms with Gasteiger partial charge in [0.2, 0.25) is 5.91 Å². The van der Waals surface area contributed by atoms with Gasteiger partial charge in [-0.05, 0) is 56.2 Å². The number of anilines is 1. The number of rotatable bonds is 5. The Morgan fingerprint density at radius 3 is 2.64 bits per heavy atom. The van der Waals surface area contributed by atoms with Gasteiger partial charge in [-0.15, -0.1) is 0 Å². The summed E-state index contributed by atoms with van der Waals surface area (Å²) >= 11 is 3.43. The van der Waals surface area contributed by atoms with E-state index in [9.17, 15) is 4.79 Å². The van der Waals surface area contributed by atoms with Crippen LogP contribution in [0.2, 0.25) is 0 Å². The first kappa shape index (κ1) is 17.4. The van der Waals surface area contributed by atoms with Crippen molar-refractivity contribution in [3.05, 3.63) is 70.1 Å². The first-order valence-electron chi connectivity index (χ1n) is 8.05. The largest absolute Gasteiger partial charge is 0.310 e. The van der Waals surface area contributed by atoms with Crippen LogP contribution in [-0.2, 0) is 11.2 Å².